The van der Waals surface area contributed by atoms with Crippen LogP contribution in [0.5, 0.6) is 0 Å². The highest BCUT2D eigenvalue weighted by Gasteiger charge is 2.37. The van der Waals surface area contributed by atoms with Crippen LogP contribution in [-0.4, -0.2) is 8.07 Å². The van der Waals surface area contributed by atoms with E-state index in [1.54, 1.807) is 0 Å². The number of hydrogen-bond acceptors (Lipinski definition) is 1. The number of benzene rings is 1. The van der Waals surface area contributed by atoms with Gasteiger partial charge in [-0.3, -0.25) is 0 Å². The second-order valence-electron chi connectivity index (χ2n) is 7.52. The summed E-state index contributed by atoms with van der Waals surface area (Å²) in [6, 6.07) is 13.0. The number of aryl methyl sites for hydroxylation is 2. The molecule has 2 rings (SSSR count). The molecule has 0 aliphatic rings. The van der Waals surface area contributed by atoms with Crippen LogP contribution in [0.2, 0.25) is 18.1 Å². The molecule has 2 heteroatoms. The molecule has 2 aromatic rings. The summed E-state index contributed by atoms with van der Waals surface area (Å²) in [6.45, 7) is 11.9. The third-order valence-electron chi connectivity index (χ3n) is 4.98. The van der Waals surface area contributed by atoms with Crippen molar-refractivity contribution in [2.75, 3.05) is 0 Å². The molecule has 1 aromatic heterocycles. The normalized spacial score (nSPS) is 12.6. The molecular formula is C19H28OSi. The molecule has 0 N–H and O–H groups in total. The van der Waals surface area contributed by atoms with Gasteiger partial charge in [0.15, 0.2) is 0 Å². The van der Waals surface area contributed by atoms with Gasteiger partial charge in [-0.15, -0.1) is 0 Å². The highest BCUT2D eigenvalue weighted by Crippen LogP contribution is 2.35. The molecule has 0 amide bonds. The van der Waals surface area contributed by atoms with E-state index in [0.717, 1.165) is 25.0 Å². The minimum atomic E-state index is -1.46. The van der Waals surface area contributed by atoms with Gasteiger partial charge in [-0.25, -0.2) is 0 Å². The molecule has 0 fully saturated rings. The van der Waals surface area contributed by atoms with Gasteiger partial charge >= 0.3 is 0 Å². The molecule has 0 spiro atoms. The van der Waals surface area contributed by atoms with E-state index in [2.05, 4.69) is 70.3 Å². The molecule has 114 valence electrons. The van der Waals surface area contributed by atoms with Crippen LogP contribution in [0.4, 0.5) is 0 Å². The maximum atomic E-state index is 5.82. The van der Waals surface area contributed by atoms with Crippen LogP contribution in [0.15, 0.2) is 47.1 Å². The lowest BCUT2D eigenvalue weighted by Crippen LogP contribution is -2.48. The summed E-state index contributed by atoms with van der Waals surface area (Å²) in [6.07, 6.45) is 5.31. The third kappa shape index (κ3) is 3.88. The fourth-order valence-corrected chi connectivity index (χ4v) is 4.13. The van der Waals surface area contributed by atoms with Crippen LogP contribution in [0.3, 0.4) is 0 Å². The van der Waals surface area contributed by atoms with E-state index < -0.39 is 8.07 Å². The molecule has 0 radical (unpaired) electrons. The SMILES string of the molecule is CC(C)(C)[Si](C)(C)c1coc(CCCc2ccccc2)c1. The molecule has 0 aliphatic heterocycles. The van der Waals surface area contributed by atoms with Crippen LogP contribution in [0.25, 0.3) is 0 Å². The summed E-state index contributed by atoms with van der Waals surface area (Å²) < 4.78 is 5.82. The Morgan fingerprint density at radius 1 is 1.00 bits per heavy atom. The van der Waals surface area contributed by atoms with E-state index in [1.807, 2.05) is 6.26 Å². The lowest BCUT2D eigenvalue weighted by molar-refractivity contribution is 0.502. The second kappa shape index (κ2) is 6.23. The second-order valence-corrected chi connectivity index (χ2v) is 12.8. The lowest BCUT2D eigenvalue weighted by Gasteiger charge is -2.36. The zero-order chi connectivity index (χ0) is 15.5. The Hall–Kier alpha value is -1.28. The van der Waals surface area contributed by atoms with E-state index >= 15 is 0 Å². The average molecular weight is 301 g/mol. The minimum absolute atomic E-state index is 0.359. The van der Waals surface area contributed by atoms with E-state index in [0.29, 0.717) is 5.04 Å². The Balaban J connectivity index is 1.95. The predicted molar refractivity (Wildman–Crippen MR) is 94.0 cm³/mol. The molecule has 1 aromatic carbocycles. The maximum Gasteiger partial charge on any atom is 0.103 e. The molecule has 0 atom stereocenters. The van der Waals surface area contributed by atoms with E-state index in [-0.39, 0.29) is 0 Å². The molecule has 0 aliphatic carbocycles. The minimum Gasteiger partial charge on any atom is -0.469 e. The Labute approximate surface area is 130 Å². The Morgan fingerprint density at radius 3 is 2.29 bits per heavy atom. The average Bonchev–Trinajstić information content (AvgIpc) is 2.88. The van der Waals surface area contributed by atoms with Crippen molar-refractivity contribution in [2.45, 2.75) is 58.2 Å². The zero-order valence-corrected chi connectivity index (χ0v) is 15.1. The summed E-state index contributed by atoms with van der Waals surface area (Å²) in [7, 11) is -1.46. The molecule has 0 saturated carbocycles. The first-order valence-electron chi connectivity index (χ1n) is 7.92. The first-order chi connectivity index (χ1) is 9.80. The molecule has 0 unspecified atom stereocenters. The lowest BCUT2D eigenvalue weighted by atomic mass is 10.1. The Bertz CT molecular complexity index is 561. The van der Waals surface area contributed by atoms with Gasteiger partial charge in [0, 0.05) is 6.42 Å². The molecular weight excluding hydrogens is 272 g/mol. The standard InChI is InChI=1S/C19H28OSi/c1-19(2,3)21(4,5)18-14-17(20-15-18)13-9-12-16-10-7-6-8-11-16/h6-8,10-11,14-15H,9,12-13H2,1-5H3. The number of furan rings is 1. The summed E-state index contributed by atoms with van der Waals surface area (Å²) in [5.74, 6) is 1.14. The van der Waals surface area contributed by atoms with E-state index in [1.165, 1.54) is 10.8 Å². The van der Waals surface area contributed by atoms with Crippen molar-refractivity contribution in [1.82, 2.24) is 0 Å². The molecule has 1 nitrogen and oxygen atoms in total. The summed E-state index contributed by atoms with van der Waals surface area (Å²) in [5.41, 5.74) is 1.41. The fourth-order valence-electron chi connectivity index (χ4n) is 2.38. The molecule has 0 bridgehead atoms. The van der Waals surface area contributed by atoms with Crippen molar-refractivity contribution in [3.05, 3.63) is 54.0 Å². The van der Waals surface area contributed by atoms with Crippen LogP contribution < -0.4 is 5.19 Å². The first kappa shape index (κ1) is 16.1. The third-order valence-corrected chi connectivity index (χ3v) is 10.4. The van der Waals surface area contributed by atoms with Gasteiger partial charge in [0.2, 0.25) is 0 Å². The van der Waals surface area contributed by atoms with Crippen molar-refractivity contribution in [2.24, 2.45) is 0 Å². The summed E-state index contributed by atoms with van der Waals surface area (Å²) >= 11 is 0. The largest absolute Gasteiger partial charge is 0.469 e. The van der Waals surface area contributed by atoms with Crippen LogP contribution in [0.1, 0.15) is 38.5 Å². The van der Waals surface area contributed by atoms with Crippen LogP contribution >= 0.6 is 0 Å². The maximum absolute atomic E-state index is 5.82. The van der Waals surface area contributed by atoms with Gasteiger partial charge in [-0.2, -0.15) is 0 Å². The fraction of sp³-hybridized carbons (Fsp3) is 0.474. The molecule has 0 saturated heterocycles. The smallest absolute Gasteiger partial charge is 0.103 e. The summed E-state index contributed by atoms with van der Waals surface area (Å²) in [5, 5.41) is 1.81. The van der Waals surface area contributed by atoms with Crippen molar-refractivity contribution >= 4 is 13.3 Å². The van der Waals surface area contributed by atoms with Crippen molar-refractivity contribution in [3.63, 3.8) is 0 Å². The predicted octanol–water partition coefficient (Wildman–Crippen LogP) is 5.17. The summed E-state index contributed by atoms with van der Waals surface area (Å²) in [4.78, 5) is 0. The van der Waals surface area contributed by atoms with Crippen molar-refractivity contribution in [1.29, 1.82) is 0 Å². The van der Waals surface area contributed by atoms with Gasteiger partial charge in [-0.05, 0) is 34.7 Å². The zero-order valence-electron chi connectivity index (χ0n) is 14.1. The quantitative estimate of drug-likeness (QED) is 0.694. The number of rotatable bonds is 5. The Kier molecular flexibility index (Phi) is 4.77. The van der Waals surface area contributed by atoms with Gasteiger partial charge in [0.25, 0.3) is 0 Å². The van der Waals surface area contributed by atoms with Gasteiger partial charge < -0.3 is 4.42 Å². The highest BCUT2D eigenvalue weighted by atomic mass is 28.3. The van der Waals surface area contributed by atoms with Crippen molar-refractivity contribution < 1.29 is 4.42 Å². The van der Waals surface area contributed by atoms with Gasteiger partial charge in [0.05, 0.1) is 14.3 Å². The highest BCUT2D eigenvalue weighted by molar-refractivity contribution is 6.92. The monoisotopic (exact) mass is 300 g/mol. The first-order valence-corrected chi connectivity index (χ1v) is 10.9. The van der Waals surface area contributed by atoms with Crippen LogP contribution in [-0.2, 0) is 12.8 Å². The topological polar surface area (TPSA) is 13.1 Å². The molecule has 1 heterocycles. The van der Waals surface area contributed by atoms with Crippen molar-refractivity contribution in [3.8, 4) is 0 Å². The van der Waals surface area contributed by atoms with Crippen LogP contribution in [0, 0.1) is 0 Å². The molecule has 21 heavy (non-hydrogen) atoms. The van der Waals surface area contributed by atoms with E-state index in [4.69, 9.17) is 4.42 Å². The van der Waals surface area contributed by atoms with E-state index in [9.17, 15) is 0 Å². The number of hydrogen-bond donors (Lipinski definition) is 0. The van der Waals surface area contributed by atoms with Gasteiger partial charge in [-0.1, -0.05) is 64.2 Å². The van der Waals surface area contributed by atoms with Gasteiger partial charge in [0.1, 0.15) is 5.76 Å². The Morgan fingerprint density at radius 2 is 1.67 bits per heavy atom.